The Morgan fingerprint density at radius 3 is 2.81 bits per heavy atom. The Morgan fingerprint density at radius 2 is 2.09 bits per heavy atom. The number of aromatic nitrogens is 1. The number of rotatable bonds is 7. The molecule has 3 aliphatic heterocycles. The zero-order valence-corrected chi connectivity index (χ0v) is 19.0. The van der Waals surface area contributed by atoms with Crippen LogP contribution in [0.15, 0.2) is 60.1 Å². The summed E-state index contributed by atoms with van der Waals surface area (Å²) in [7, 11) is 2.02. The normalized spacial score (nSPS) is 22.5. The number of amides is 2. The minimum Gasteiger partial charge on any atom is -0.474 e. The molecule has 0 bridgehead atoms. The first-order valence-corrected chi connectivity index (χ1v) is 11.1. The van der Waals surface area contributed by atoms with E-state index in [0.717, 1.165) is 25.0 Å². The number of hydrogen-bond donors (Lipinski definition) is 1. The Kier molecular flexibility index (Phi) is 6.44. The fourth-order valence-corrected chi connectivity index (χ4v) is 4.94. The van der Waals surface area contributed by atoms with Crippen LogP contribution in [0.5, 0.6) is 5.75 Å². The molecule has 1 unspecified atom stereocenters. The maximum atomic E-state index is 13.2. The zero-order valence-electron chi connectivity index (χ0n) is 17.8. The monoisotopic (exact) mass is 454 g/mol. The molecule has 0 radical (unpaired) electrons. The van der Waals surface area contributed by atoms with E-state index in [9.17, 15) is 14.4 Å². The topological polar surface area (TPSA) is 83.9 Å². The number of carbonyl (C=O) groups excluding carboxylic acids is 2. The van der Waals surface area contributed by atoms with Crippen LogP contribution in [0.4, 0.5) is 0 Å². The lowest BCUT2D eigenvalue weighted by atomic mass is 10.1. The van der Waals surface area contributed by atoms with Crippen LogP contribution in [0.25, 0.3) is 0 Å². The highest BCUT2D eigenvalue weighted by molar-refractivity contribution is 7.10. The first kappa shape index (κ1) is 22.2. The number of fused-ring (bicyclic) bond motifs is 4. The fourth-order valence-electron chi connectivity index (χ4n) is 4.72. The van der Waals surface area contributed by atoms with E-state index in [-0.39, 0.29) is 35.6 Å². The summed E-state index contributed by atoms with van der Waals surface area (Å²) in [6.45, 7) is 9.65. The maximum Gasteiger partial charge on any atom is 0.275 e. The Hall–Kier alpha value is -2.96. The first-order chi connectivity index (χ1) is 15.5. The van der Waals surface area contributed by atoms with Gasteiger partial charge in [0.25, 0.3) is 11.8 Å². The predicted molar refractivity (Wildman–Crippen MR) is 126 cm³/mol. The summed E-state index contributed by atoms with van der Waals surface area (Å²) in [5.74, 6) is -0.885. The van der Waals surface area contributed by atoms with Crippen molar-refractivity contribution in [3.63, 3.8) is 0 Å². The standard InChI is InChI=1S/C23H27N4O4P/c1-3-5-6-8-15(4-2)11-24-22(29)17-13-25-14-18-26-10-7-9-16(26)12-27(18)23(30)19(25)21(31-32)20(17)28/h3-6,8,13,16,18H,1-2,7,9-12,14,32H2,(H,24,29)/b6-5-,15-8+/t16-,18+/m0/s1. The molecule has 1 N–H and O–H groups in total. The van der Waals surface area contributed by atoms with Gasteiger partial charge in [0.1, 0.15) is 11.7 Å². The second-order valence-electron chi connectivity index (χ2n) is 8.04. The molecule has 168 valence electrons. The first-order valence-electron chi connectivity index (χ1n) is 10.6. The Labute approximate surface area is 189 Å². The van der Waals surface area contributed by atoms with Crippen molar-refractivity contribution in [3.8, 4) is 5.75 Å². The van der Waals surface area contributed by atoms with E-state index in [4.69, 9.17) is 4.52 Å². The van der Waals surface area contributed by atoms with E-state index in [1.54, 1.807) is 34.9 Å². The van der Waals surface area contributed by atoms with Crippen molar-refractivity contribution in [2.45, 2.75) is 31.6 Å². The van der Waals surface area contributed by atoms with Gasteiger partial charge in [0.15, 0.2) is 11.4 Å². The molecule has 9 heteroatoms. The minimum absolute atomic E-state index is 0.0616. The molecule has 1 aromatic heterocycles. The van der Waals surface area contributed by atoms with Gasteiger partial charge in [-0.05, 0) is 18.4 Å². The predicted octanol–water partition coefficient (Wildman–Crippen LogP) is 1.86. The summed E-state index contributed by atoms with van der Waals surface area (Å²) >= 11 is 0. The molecule has 2 amide bonds. The van der Waals surface area contributed by atoms with Crippen LogP contribution in [-0.4, -0.2) is 58.0 Å². The van der Waals surface area contributed by atoms with Gasteiger partial charge >= 0.3 is 0 Å². The SMILES string of the molecule is C=C/C=C\C=C(/C=C)CNC(=O)c1cn2c(c(OP)c1=O)C(=O)N1C[C@@H]3CCCN3[C@H]1C2. The van der Waals surface area contributed by atoms with E-state index < -0.39 is 11.3 Å². The summed E-state index contributed by atoms with van der Waals surface area (Å²) in [6, 6.07) is 0.355. The van der Waals surface area contributed by atoms with Gasteiger partial charge in [-0.25, -0.2) is 0 Å². The van der Waals surface area contributed by atoms with Crippen molar-refractivity contribution in [2.24, 2.45) is 0 Å². The van der Waals surface area contributed by atoms with E-state index in [0.29, 0.717) is 19.1 Å². The number of nitrogens with one attached hydrogen (secondary N) is 1. The van der Waals surface area contributed by atoms with Gasteiger partial charge in [-0.2, -0.15) is 0 Å². The lowest BCUT2D eigenvalue weighted by Crippen LogP contribution is -2.50. The summed E-state index contributed by atoms with van der Waals surface area (Å²) in [5, 5.41) is 2.75. The molecule has 0 saturated carbocycles. The molecular weight excluding hydrogens is 427 g/mol. The highest BCUT2D eigenvalue weighted by atomic mass is 31.0. The van der Waals surface area contributed by atoms with E-state index in [1.807, 2.05) is 14.4 Å². The van der Waals surface area contributed by atoms with Gasteiger partial charge in [-0.1, -0.05) is 43.5 Å². The van der Waals surface area contributed by atoms with Crippen molar-refractivity contribution in [1.29, 1.82) is 0 Å². The van der Waals surface area contributed by atoms with Gasteiger partial charge in [0.05, 0.1) is 16.0 Å². The van der Waals surface area contributed by atoms with E-state index >= 15 is 0 Å². The van der Waals surface area contributed by atoms with Crippen LogP contribution >= 0.6 is 9.47 Å². The van der Waals surface area contributed by atoms with Crippen molar-refractivity contribution in [2.75, 3.05) is 19.6 Å². The molecule has 32 heavy (non-hydrogen) atoms. The lowest BCUT2D eigenvalue weighted by molar-refractivity contribution is 0.0516. The molecule has 3 atom stereocenters. The highest BCUT2D eigenvalue weighted by Crippen LogP contribution is 2.35. The summed E-state index contributed by atoms with van der Waals surface area (Å²) < 4.78 is 6.95. The van der Waals surface area contributed by atoms with Crippen LogP contribution in [0.2, 0.25) is 0 Å². The second-order valence-corrected chi connectivity index (χ2v) is 8.28. The molecule has 0 aliphatic carbocycles. The quantitative estimate of drug-likeness (QED) is 0.502. The number of allylic oxidation sites excluding steroid dienone is 4. The van der Waals surface area contributed by atoms with Crippen molar-refractivity contribution < 1.29 is 14.1 Å². The van der Waals surface area contributed by atoms with Gasteiger partial charge in [0.2, 0.25) is 5.43 Å². The minimum atomic E-state index is -0.606. The van der Waals surface area contributed by atoms with Crippen molar-refractivity contribution >= 4 is 21.3 Å². The third-order valence-electron chi connectivity index (χ3n) is 6.27. The molecule has 4 heterocycles. The van der Waals surface area contributed by atoms with Crippen LogP contribution in [0.3, 0.4) is 0 Å². The number of hydrogen-bond acceptors (Lipinski definition) is 5. The Bertz CT molecular complexity index is 1090. The van der Waals surface area contributed by atoms with Crippen LogP contribution < -0.4 is 15.3 Å². The van der Waals surface area contributed by atoms with Crippen LogP contribution in [0, 0.1) is 0 Å². The summed E-state index contributed by atoms with van der Waals surface area (Å²) in [6.07, 6.45) is 12.2. The zero-order chi connectivity index (χ0) is 22.8. The molecule has 4 rings (SSSR count). The third kappa shape index (κ3) is 3.85. The molecule has 8 nitrogen and oxygen atoms in total. The number of pyridine rings is 1. The number of carbonyl (C=O) groups is 2. The Balaban J connectivity index is 1.63. The smallest absolute Gasteiger partial charge is 0.275 e. The van der Waals surface area contributed by atoms with Gasteiger partial charge in [-0.15, -0.1) is 0 Å². The second kappa shape index (κ2) is 9.27. The van der Waals surface area contributed by atoms with Gasteiger partial charge in [-0.3, -0.25) is 19.3 Å². The molecule has 3 aliphatic rings. The summed E-state index contributed by atoms with van der Waals surface area (Å²) in [4.78, 5) is 43.3. The molecule has 2 saturated heterocycles. The molecule has 2 fully saturated rings. The van der Waals surface area contributed by atoms with Gasteiger partial charge in [0, 0.05) is 31.9 Å². The fraction of sp³-hybridized carbons (Fsp3) is 0.348. The van der Waals surface area contributed by atoms with E-state index in [1.165, 1.54) is 6.20 Å². The van der Waals surface area contributed by atoms with E-state index in [2.05, 4.69) is 23.4 Å². The average molecular weight is 454 g/mol. The molecule has 1 aromatic rings. The molecule has 0 aromatic carbocycles. The van der Waals surface area contributed by atoms with Crippen LogP contribution in [0.1, 0.15) is 33.7 Å². The summed E-state index contributed by atoms with van der Waals surface area (Å²) in [5.41, 5.74) is 0.300. The highest BCUT2D eigenvalue weighted by Gasteiger charge is 2.48. The van der Waals surface area contributed by atoms with Gasteiger partial charge < -0.3 is 19.3 Å². The maximum absolute atomic E-state index is 13.2. The molecule has 0 spiro atoms. The van der Waals surface area contributed by atoms with Crippen LogP contribution in [-0.2, 0) is 6.54 Å². The number of nitrogens with zero attached hydrogens (tertiary/aromatic N) is 3. The molecular formula is C23H27N4O4P. The lowest BCUT2D eigenvalue weighted by Gasteiger charge is -2.36. The van der Waals surface area contributed by atoms with Crippen molar-refractivity contribution in [3.05, 3.63) is 76.8 Å². The van der Waals surface area contributed by atoms with Crippen molar-refractivity contribution in [1.82, 2.24) is 19.7 Å². The Morgan fingerprint density at radius 1 is 1.28 bits per heavy atom. The average Bonchev–Trinajstić information content (AvgIpc) is 3.38. The third-order valence-corrected chi connectivity index (χ3v) is 6.51. The largest absolute Gasteiger partial charge is 0.474 e.